The number of hydrogen-bond donors (Lipinski definition) is 2. The molecule has 1 saturated heterocycles. The largest absolute Gasteiger partial charge is 0.478 e. The van der Waals surface area contributed by atoms with Crippen molar-refractivity contribution in [2.75, 3.05) is 32.8 Å². The Hall–Kier alpha value is -1.82. The number of pyridine rings is 1. The van der Waals surface area contributed by atoms with Gasteiger partial charge in [-0.2, -0.15) is 0 Å². The zero-order chi connectivity index (χ0) is 18.6. The molecule has 0 atom stereocenters. The fraction of sp³-hybridized carbons (Fsp3) is 0.700. The van der Waals surface area contributed by atoms with Crippen LogP contribution < -0.4 is 15.4 Å². The lowest BCUT2D eigenvalue weighted by molar-refractivity contribution is 0.206. The molecule has 1 aliphatic rings. The topological polar surface area (TPSA) is 61.8 Å². The molecule has 6 heteroatoms. The van der Waals surface area contributed by atoms with E-state index in [0.29, 0.717) is 25.1 Å². The number of likely N-dealkylation sites (tertiary alicyclic amines) is 1. The number of aromatic nitrogens is 1. The van der Waals surface area contributed by atoms with Crippen LogP contribution in [0.15, 0.2) is 23.3 Å². The zero-order valence-corrected chi connectivity index (χ0v) is 16.6. The number of hydrogen-bond acceptors (Lipinski definition) is 4. The minimum absolute atomic E-state index is 0.504. The predicted octanol–water partition coefficient (Wildman–Crippen LogP) is 2.80. The molecule has 1 aromatic rings. The summed E-state index contributed by atoms with van der Waals surface area (Å²) >= 11 is 0. The van der Waals surface area contributed by atoms with Crippen LogP contribution in [0.1, 0.15) is 52.0 Å². The SMILES string of the molecule is CCCOc1ccc(CN=C(NCC)NC2CCN(CCC)CC2)cn1. The second-order valence-corrected chi connectivity index (χ2v) is 6.81. The fourth-order valence-corrected chi connectivity index (χ4v) is 3.10. The lowest BCUT2D eigenvalue weighted by atomic mass is 10.1. The van der Waals surface area contributed by atoms with Gasteiger partial charge in [-0.1, -0.05) is 19.9 Å². The molecule has 1 aromatic heterocycles. The second kappa shape index (κ2) is 11.7. The molecule has 0 saturated carbocycles. The summed E-state index contributed by atoms with van der Waals surface area (Å²) in [5.41, 5.74) is 1.09. The van der Waals surface area contributed by atoms with Crippen LogP contribution in [0.25, 0.3) is 0 Å². The molecule has 146 valence electrons. The van der Waals surface area contributed by atoms with E-state index in [-0.39, 0.29) is 0 Å². The van der Waals surface area contributed by atoms with Crippen LogP contribution in [-0.2, 0) is 6.54 Å². The first-order valence-corrected chi connectivity index (χ1v) is 10.1. The highest BCUT2D eigenvalue weighted by Crippen LogP contribution is 2.11. The minimum atomic E-state index is 0.504. The molecular formula is C20H35N5O. The van der Waals surface area contributed by atoms with Crippen molar-refractivity contribution in [3.63, 3.8) is 0 Å². The quantitative estimate of drug-likeness (QED) is 0.523. The highest BCUT2D eigenvalue weighted by Gasteiger charge is 2.19. The Labute approximate surface area is 158 Å². The molecule has 26 heavy (non-hydrogen) atoms. The van der Waals surface area contributed by atoms with Crippen molar-refractivity contribution in [1.82, 2.24) is 20.5 Å². The van der Waals surface area contributed by atoms with E-state index in [4.69, 9.17) is 9.73 Å². The first-order valence-electron chi connectivity index (χ1n) is 10.1. The van der Waals surface area contributed by atoms with Crippen LogP contribution in [0.5, 0.6) is 5.88 Å². The van der Waals surface area contributed by atoms with Gasteiger partial charge in [0, 0.05) is 37.9 Å². The van der Waals surface area contributed by atoms with Gasteiger partial charge in [0.05, 0.1) is 13.2 Å². The summed E-state index contributed by atoms with van der Waals surface area (Å²) in [6, 6.07) is 4.46. The van der Waals surface area contributed by atoms with Crippen LogP contribution in [0.2, 0.25) is 0 Å². The average Bonchev–Trinajstić information content (AvgIpc) is 2.67. The number of nitrogens with zero attached hydrogens (tertiary/aromatic N) is 3. The van der Waals surface area contributed by atoms with Gasteiger partial charge < -0.3 is 20.3 Å². The first kappa shape index (κ1) is 20.5. The summed E-state index contributed by atoms with van der Waals surface area (Å²) in [6.07, 6.45) is 6.42. The van der Waals surface area contributed by atoms with E-state index < -0.39 is 0 Å². The smallest absolute Gasteiger partial charge is 0.213 e. The molecule has 0 bridgehead atoms. The normalized spacial score (nSPS) is 16.5. The summed E-state index contributed by atoms with van der Waals surface area (Å²) in [5.74, 6) is 1.58. The van der Waals surface area contributed by atoms with E-state index in [1.54, 1.807) is 0 Å². The van der Waals surface area contributed by atoms with Gasteiger partial charge in [-0.05, 0) is 44.7 Å². The maximum atomic E-state index is 5.53. The molecular weight excluding hydrogens is 326 g/mol. The molecule has 6 nitrogen and oxygen atoms in total. The first-order chi connectivity index (χ1) is 12.7. The highest BCUT2D eigenvalue weighted by atomic mass is 16.5. The van der Waals surface area contributed by atoms with E-state index in [1.165, 1.54) is 38.9 Å². The molecule has 2 heterocycles. The Kier molecular flexibility index (Phi) is 9.24. The molecule has 2 N–H and O–H groups in total. The van der Waals surface area contributed by atoms with Gasteiger partial charge in [-0.15, -0.1) is 0 Å². The van der Waals surface area contributed by atoms with Gasteiger partial charge in [0.2, 0.25) is 5.88 Å². The second-order valence-electron chi connectivity index (χ2n) is 6.81. The van der Waals surface area contributed by atoms with Gasteiger partial charge in [-0.25, -0.2) is 9.98 Å². The standard InChI is InChI=1S/C20H35N5O/c1-4-11-25-12-9-18(10-13-25)24-20(21-6-3)23-16-17-7-8-19(22-15-17)26-14-5-2/h7-8,15,18H,4-6,9-14,16H2,1-3H3,(H2,21,23,24). The summed E-state index contributed by atoms with van der Waals surface area (Å²) in [5, 5.41) is 6.95. The van der Waals surface area contributed by atoms with E-state index >= 15 is 0 Å². The van der Waals surface area contributed by atoms with Crippen molar-refractivity contribution < 1.29 is 4.74 Å². The highest BCUT2D eigenvalue weighted by molar-refractivity contribution is 5.80. The molecule has 0 radical (unpaired) electrons. The number of nitrogens with one attached hydrogen (secondary N) is 2. The van der Waals surface area contributed by atoms with Crippen molar-refractivity contribution in [3.8, 4) is 5.88 Å². The molecule has 2 rings (SSSR count). The van der Waals surface area contributed by atoms with E-state index in [1.807, 2.05) is 18.3 Å². The van der Waals surface area contributed by atoms with E-state index in [9.17, 15) is 0 Å². The van der Waals surface area contributed by atoms with Crippen LogP contribution in [0.4, 0.5) is 0 Å². The molecule has 0 aliphatic carbocycles. The molecule has 1 fully saturated rings. The van der Waals surface area contributed by atoms with Crippen molar-refractivity contribution >= 4 is 5.96 Å². The average molecular weight is 362 g/mol. The van der Waals surface area contributed by atoms with Crippen LogP contribution >= 0.6 is 0 Å². The van der Waals surface area contributed by atoms with E-state index in [0.717, 1.165) is 24.5 Å². The number of aliphatic imine (C=N–C) groups is 1. The fourth-order valence-electron chi connectivity index (χ4n) is 3.10. The Bertz CT molecular complexity index is 524. The lowest BCUT2D eigenvalue weighted by Gasteiger charge is -2.32. The van der Waals surface area contributed by atoms with Crippen LogP contribution in [0, 0.1) is 0 Å². The molecule has 0 unspecified atom stereocenters. The van der Waals surface area contributed by atoms with Gasteiger partial charge in [-0.3, -0.25) is 0 Å². The van der Waals surface area contributed by atoms with Crippen LogP contribution in [-0.4, -0.2) is 54.7 Å². The van der Waals surface area contributed by atoms with Gasteiger partial charge in [0.25, 0.3) is 0 Å². The molecule has 0 amide bonds. The zero-order valence-electron chi connectivity index (χ0n) is 16.6. The summed E-state index contributed by atoms with van der Waals surface area (Å²) < 4.78 is 5.53. The van der Waals surface area contributed by atoms with Crippen molar-refractivity contribution in [2.45, 2.75) is 59.0 Å². The van der Waals surface area contributed by atoms with Gasteiger partial charge in [0.15, 0.2) is 5.96 Å². The van der Waals surface area contributed by atoms with Crippen molar-refractivity contribution in [2.24, 2.45) is 4.99 Å². The maximum absolute atomic E-state index is 5.53. The Morgan fingerprint density at radius 2 is 2.04 bits per heavy atom. The Morgan fingerprint density at radius 3 is 2.65 bits per heavy atom. The Balaban J connectivity index is 1.84. The Morgan fingerprint density at radius 1 is 1.23 bits per heavy atom. The van der Waals surface area contributed by atoms with Crippen LogP contribution in [0.3, 0.4) is 0 Å². The third kappa shape index (κ3) is 7.20. The number of guanidine groups is 1. The summed E-state index contributed by atoms with van der Waals surface area (Å²) in [6.45, 7) is 12.2. The predicted molar refractivity (Wildman–Crippen MR) is 108 cm³/mol. The molecule has 0 aromatic carbocycles. The molecule has 0 spiro atoms. The number of ether oxygens (including phenoxy) is 1. The van der Waals surface area contributed by atoms with Crippen molar-refractivity contribution in [3.05, 3.63) is 23.9 Å². The number of piperidine rings is 1. The van der Waals surface area contributed by atoms with Crippen molar-refractivity contribution in [1.29, 1.82) is 0 Å². The summed E-state index contributed by atoms with van der Waals surface area (Å²) in [4.78, 5) is 11.6. The third-order valence-corrected chi connectivity index (χ3v) is 4.48. The van der Waals surface area contributed by atoms with Gasteiger partial charge in [0.1, 0.15) is 0 Å². The molecule has 1 aliphatic heterocycles. The van der Waals surface area contributed by atoms with E-state index in [2.05, 4.69) is 41.3 Å². The number of rotatable bonds is 9. The monoisotopic (exact) mass is 361 g/mol. The van der Waals surface area contributed by atoms with Gasteiger partial charge >= 0.3 is 0 Å². The minimum Gasteiger partial charge on any atom is -0.478 e. The lowest BCUT2D eigenvalue weighted by Crippen LogP contribution is -2.48. The summed E-state index contributed by atoms with van der Waals surface area (Å²) in [7, 11) is 0. The maximum Gasteiger partial charge on any atom is 0.213 e. The third-order valence-electron chi connectivity index (χ3n) is 4.48.